The van der Waals surface area contributed by atoms with Crippen molar-refractivity contribution in [2.24, 2.45) is 33.6 Å². The number of oxime groups is 1. The number of hydrogen-bond donors (Lipinski definition) is 3. The molecule has 6 aromatic rings. The summed E-state index contributed by atoms with van der Waals surface area (Å²) in [5.74, 6) is -2.98. The van der Waals surface area contributed by atoms with Crippen LogP contribution in [0.4, 0.5) is 5.69 Å². The summed E-state index contributed by atoms with van der Waals surface area (Å²) in [6.07, 6.45) is 6.01. The second-order valence-electron chi connectivity index (χ2n) is 25.5. The number of sulfone groups is 1. The third-order valence-corrected chi connectivity index (χ3v) is 18.6. The Balaban J connectivity index is 0.000000188. The molecule has 3 aromatic heterocycles. The number of carbonyl (C=O) groups excluding carboxylic acids is 5. The zero-order valence-corrected chi connectivity index (χ0v) is 61.4. The molecule has 100 heavy (non-hydrogen) atoms. The van der Waals surface area contributed by atoms with E-state index in [0.717, 1.165) is 35.8 Å². The maximum absolute atomic E-state index is 13.5. The average Bonchev–Trinajstić information content (AvgIpc) is 1.57. The Morgan fingerprint density at radius 3 is 2.02 bits per heavy atom. The topological polar surface area (TPSA) is 342 Å². The molecule has 3 N–H and O–H groups in total. The Morgan fingerprint density at radius 1 is 0.840 bits per heavy atom. The number of hydrogen-bond acceptors (Lipinski definition) is 22. The number of nitrogens with one attached hydrogen (secondary N) is 1. The fraction of sp³-hybridized carbons (Fsp3) is 0.457. The normalized spacial score (nSPS) is 17.1. The van der Waals surface area contributed by atoms with Crippen LogP contribution in [0.15, 0.2) is 85.9 Å². The molecule has 0 aliphatic carbocycles. The standard InChI is InChI=1S/C23H32N2O4.C16H18Cl2N2O4.C16H17N3O5S.C15H19N3O4/c1-7-16-13-15(3)14-17(8-2)18(16)19-20(26)24-9-11-28-12-10-25(24)21(19)29-22(27)23(4,5)6;1-4-23-14(21)12-9-16(3,15(22)24-5-2)20(19-12)13-7-6-10(17)8-11(13)18;1-9-10(15(20)11-8-17-19(2)16(11)21)4-5-13(25(3,22)23)14(9)12-6-7-24-18-12;1-8(2)15(3)14(21)17-12(18-15)11-10(13(19)20)5-9(6-16-11)7-22-4/h13-14H,7-12H2,1-6H3;6-8H,4-5,9H2,1-3H3;4-5,8,21H,6-7H2,1-3H3;5-6,8H,7H2,1-4H3,(H,19,20)(H,17,18,21). The lowest BCUT2D eigenvalue weighted by molar-refractivity contribution is -0.148. The predicted molar refractivity (Wildman–Crippen MR) is 376 cm³/mol. The number of amides is 1. The number of aryl methyl sites for hydroxylation is 4. The van der Waals surface area contributed by atoms with Gasteiger partial charge in [-0.15, -0.1) is 0 Å². The van der Waals surface area contributed by atoms with Crippen LogP contribution in [-0.2, 0) is 92.4 Å². The number of ether oxygens (including phenoxy) is 5. The molecule has 0 saturated carbocycles. The summed E-state index contributed by atoms with van der Waals surface area (Å²) < 4.78 is 55.5. The van der Waals surface area contributed by atoms with Gasteiger partial charge in [0.25, 0.3) is 11.5 Å². The summed E-state index contributed by atoms with van der Waals surface area (Å²) in [7, 11) is -0.485. The van der Waals surface area contributed by atoms with Gasteiger partial charge < -0.3 is 44.1 Å². The average molecular weight is 1440 g/mol. The van der Waals surface area contributed by atoms with E-state index in [1.165, 1.54) is 60.0 Å². The van der Waals surface area contributed by atoms with Crippen molar-refractivity contribution in [3.63, 3.8) is 0 Å². The number of pyridine rings is 1. The minimum Gasteiger partial charge on any atom is -0.493 e. The van der Waals surface area contributed by atoms with E-state index in [9.17, 15) is 52.2 Å². The number of carbonyl (C=O) groups is 6. The molecule has 7 heterocycles. The minimum atomic E-state index is -3.52. The number of aromatic nitrogens is 5. The molecule has 0 bridgehead atoms. The first-order valence-electron chi connectivity index (χ1n) is 32.4. The SMILES string of the molecule is CCOC(=O)C1=NN(c2ccc(Cl)cc2Cl)C(C)(C(=O)OCC)C1.CCc1cc(C)cc(CC)c1-c1c(OC(=O)C(C)(C)C)n2n(c1=O)CCOCC2.COCc1cnc(C2=NC(C)(C(C)C)C(=O)N2)c(C(=O)O)c1.Cc1c(C(=O)c2cnn(C)c2O)ccc(S(C)(=O)=O)c1C1=NOCC1. The molecular weight excluding hydrogens is 1360 g/mol. The van der Waals surface area contributed by atoms with Crippen molar-refractivity contribution < 1.29 is 75.9 Å². The first kappa shape index (κ1) is 78.3. The number of halogens is 2. The number of methoxy groups -OCH3 is 1. The molecule has 0 radical (unpaired) electrons. The van der Waals surface area contributed by atoms with Gasteiger partial charge in [0.1, 0.15) is 34.7 Å². The lowest BCUT2D eigenvalue weighted by Gasteiger charge is -2.32. The molecule has 10 rings (SSSR count). The second kappa shape index (κ2) is 32.5. The van der Waals surface area contributed by atoms with Crippen molar-refractivity contribution in [3.05, 3.63) is 137 Å². The van der Waals surface area contributed by atoms with E-state index < -0.39 is 50.0 Å². The highest BCUT2D eigenvalue weighted by atomic mass is 35.5. The summed E-state index contributed by atoms with van der Waals surface area (Å²) >= 11 is 12.2. The number of carboxylic acids is 1. The third-order valence-electron chi connectivity index (χ3n) is 16.9. The number of fused-ring (bicyclic) bond motifs is 1. The Kier molecular flexibility index (Phi) is 25.4. The van der Waals surface area contributed by atoms with Gasteiger partial charge in [-0.1, -0.05) is 73.7 Å². The molecular formula is C70H86Cl2N10O17S. The van der Waals surface area contributed by atoms with Crippen molar-refractivity contribution in [1.29, 1.82) is 0 Å². The van der Waals surface area contributed by atoms with Crippen LogP contribution in [-0.4, -0.2) is 153 Å². The van der Waals surface area contributed by atoms with Gasteiger partial charge in [0.05, 0.1) is 84.6 Å². The molecule has 4 aliphatic heterocycles. The van der Waals surface area contributed by atoms with Crippen LogP contribution >= 0.6 is 23.2 Å². The molecule has 4 aliphatic rings. The van der Waals surface area contributed by atoms with Crippen LogP contribution in [0.3, 0.4) is 0 Å². The van der Waals surface area contributed by atoms with E-state index in [1.54, 1.807) is 62.2 Å². The molecule has 0 spiro atoms. The third kappa shape index (κ3) is 17.0. The number of aliphatic imine (C=N–C) groups is 1. The van der Waals surface area contributed by atoms with Gasteiger partial charge >= 0.3 is 23.9 Å². The maximum atomic E-state index is 13.5. The monoisotopic (exact) mass is 1440 g/mol. The van der Waals surface area contributed by atoms with Gasteiger partial charge in [-0.3, -0.25) is 24.2 Å². The van der Waals surface area contributed by atoms with E-state index in [1.807, 2.05) is 34.6 Å². The molecule has 3 aromatic carbocycles. The molecule has 538 valence electrons. The van der Waals surface area contributed by atoms with Crippen LogP contribution in [0, 0.1) is 25.2 Å². The number of benzene rings is 3. The number of anilines is 1. The van der Waals surface area contributed by atoms with Crippen LogP contribution in [0.25, 0.3) is 11.1 Å². The lowest BCUT2D eigenvalue weighted by Crippen LogP contribution is -2.48. The fourth-order valence-corrected chi connectivity index (χ4v) is 12.6. The molecule has 27 nitrogen and oxygen atoms in total. The quantitative estimate of drug-likeness (QED) is 0.0532. The molecule has 2 atom stereocenters. The highest BCUT2D eigenvalue weighted by molar-refractivity contribution is 7.90. The molecule has 30 heteroatoms. The summed E-state index contributed by atoms with van der Waals surface area (Å²) in [5, 5.41) is 36.2. The number of aromatic hydroxyl groups is 1. The van der Waals surface area contributed by atoms with Gasteiger partial charge in [0.15, 0.2) is 27.0 Å². The Labute approximate surface area is 590 Å². The smallest absolute Gasteiger partial charge is 0.354 e. The zero-order valence-electron chi connectivity index (χ0n) is 59.0. The predicted octanol–water partition coefficient (Wildman–Crippen LogP) is 9.59. The van der Waals surface area contributed by atoms with E-state index in [0.29, 0.717) is 88.9 Å². The Hall–Kier alpha value is -9.09. The van der Waals surface area contributed by atoms with Gasteiger partial charge in [-0.25, -0.2) is 46.8 Å². The van der Waals surface area contributed by atoms with Gasteiger partial charge in [0.2, 0.25) is 11.8 Å². The summed E-state index contributed by atoms with van der Waals surface area (Å²) in [4.78, 5) is 101. The Morgan fingerprint density at radius 2 is 1.49 bits per heavy atom. The van der Waals surface area contributed by atoms with E-state index in [4.69, 9.17) is 51.7 Å². The first-order valence-corrected chi connectivity index (χ1v) is 35.0. The van der Waals surface area contributed by atoms with Gasteiger partial charge in [0, 0.05) is 55.6 Å². The van der Waals surface area contributed by atoms with Crippen molar-refractivity contribution >= 4 is 91.6 Å². The fourth-order valence-electron chi connectivity index (χ4n) is 11.2. The Bertz CT molecular complexity index is 4410. The van der Waals surface area contributed by atoms with Crippen molar-refractivity contribution in [2.45, 2.75) is 151 Å². The molecule has 1 amide bonds. The number of amidine groups is 1. The molecule has 2 unspecified atom stereocenters. The summed E-state index contributed by atoms with van der Waals surface area (Å²) in [6, 6.07) is 13.4. The number of rotatable bonds is 18. The van der Waals surface area contributed by atoms with Crippen LogP contribution < -0.4 is 20.6 Å². The number of hydrazone groups is 1. The zero-order chi connectivity index (χ0) is 74.1. The van der Waals surface area contributed by atoms with Gasteiger partial charge in [-0.05, 0) is 145 Å². The summed E-state index contributed by atoms with van der Waals surface area (Å²) in [6.45, 7) is 26.8. The van der Waals surface area contributed by atoms with Crippen molar-refractivity contribution in [1.82, 2.24) is 29.4 Å². The highest BCUT2D eigenvalue weighted by Gasteiger charge is 2.50. The largest absolute Gasteiger partial charge is 0.493 e. The second-order valence-corrected chi connectivity index (χ2v) is 28.4. The van der Waals surface area contributed by atoms with Crippen molar-refractivity contribution in [3.8, 4) is 22.9 Å². The van der Waals surface area contributed by atoms with Gasteiger partial charge in [-0.2, -0.15) is 10.2 Å². The van der Waals surface area contributed by atoms with Crippen LogP contribution in [0.5, 0.6) is 11.8 Å². The molecule has 0 fully saturated rings. The highest BCUT2D eigenvalue weighted by Crippen LogP contribution is 2.41. The van der Waals surface area contributed by atoms with E-state index >= 15 is 0 Å². The maximum Gasteiger partial charge on any atom is 0.354 e. The van der Waals surface area contributed by atoms with Crippen LogP contribution in [0.2, 0.25) is 10.0 Å². The number of aromatic carboxylic acids is 1. The van der Waals surface area contributed by atoms with Crippen LogP contribution in [0.1, 0.15) is 154 Å². The van der Waals surface area contributed by atoms with Crippen molar-refractivity contribution in [2.75, 3.05) is 51.4 Å². The molecule has 0 saturated heterocycles. The number of carboxylic acid groups (broad SMARTS) is 1. The first-order chi connectivity index (χ1) is 47.0. The number of nitrogens with zero attached hydrogens (tertiary/aromatic N) is 9. The van der Waals surface area contributed by atoms with E-state index in [2.05, 4.69) is 63.6 Å². The lowest BCUT2D eigenvalue weighted by atomic mass is 9.89. The number of esters is 3. The minimum absolute atomic E-state index is 0.0124. The number of ketones is 1. The summed E-state index contributed by atoms with van der Waals surface area (Å²) in [5.41, 5.74) is 4.92. The van der Waals surface area contributed by atoms with E-state index in [-0.39, 0.29) is 94.3 Å².